The van der Waals surface area contributed by atoms with Gasteiger partial charge in [0, 0.05) is 18.8 Å². The van der Waals surface area contributed by atoms with E-state index in [0.717, 1.165) is 56.3 Å². The van der Waals surface area contributed by atoms with Crippen LogP contribution in [-0.2, 0) is 14.4 Å². The first-order chi connectivity index (χ1) is 20.3. The van der Waals surface area contributed by atoms with Crippen molar-refractivity contribution >= 4 is 17.9 Å². The Labute approximate surface area is 257 Å². The minimum atomic E-state index is -1.02. The molecule has 0 rings (SSSR count). The van der Waals surface area contributed by atoms with Crippen molar-refractivity contribution < 1.29 is 34.2 Å². The van der Waals surface area contributed by atoms with Crippen LogP contribution in [0.5, 0.6) is 0 Å². The molecule has 0 saturated heterocycles. The number of aliphatic carboxylic acids is 3. The Bertz CT molecular complexity index is 638. The van der Waals surface area contributed by atoms with Crippen molar-refractivity contribution in [1.82, 2.24) is 0 Å². The van der Waals surface area contributed by atoms with E-state index in [0.29, 0.717) is 19.3 Å². The number of rotatable bonds is 33. The van der Waals surface area contributed by atoms with Crippen LogP contribution in [-0.4, -0.2) is 58.8 Å². The fraction of sp³-hybridized carbons (Fsp3) is 0.857. The number of carboxylic acids is 3. The summed E-state index contributed by atoms with van der Waals surface area (Å²) in [5.74, 6) is -2.56. The number of hydrogen-bond donors (Lipinski definition) is 2. The molecule has 42 heavy (non-hydrogen) atoms. The normalized spacial score (nSPS) is 11.8. The number of allylic oxidation sites excluding steroid dienone is 2. The van der Waals surface area contributed by atoms with E-state index in [1.807, 2.05) is 0 Å². The quantitative estimate of drug-likeness (QED) is 0.0451. The molecule has 0 fully saturated rings. The average Bonchev–Trinajstić information content (AvgIpc) is 2.94. The zero-order valence-corrected chi connectivity index (χ0v) is 27.1. The zero-order chi connectivity index (χ0) is 31.2. The monoisotopic (exact) mass is 595 g/mol. The van der Waals surface area contributed by atoms with Crippen LogP contribution in [0.25, 0.3) is 0 Å². The molecule has 0 amide bonds. The van der Waals surface area contributed by atoms with E-state index in [4.69, 9.17) is 10.2 Å². The van der Waals surface area contributed by atoms with Gasteiger partial charge < -0.3 is 24.6 Å². The molecule has 0 radical (unpaired) electrons. The summed E-state index contributed by atoms with van der Waals surface area (Å²) in [5.41, 5.74) is 0. The average molecular weight is 596 g/mol. The van der Waals surface area contributed by atoms with E-state index in [-0.39, 0.29) is 19.3 Å². The van der Waals surface area contributed by atoms with E-state index in [9.17, 15) is 19.5 Å². The molecule has 2 N–H and O–H groups in total. The first-order valence-corrected chi connectivity index (χ1v) is 17.4. The smallest absolute Gasteiger partial charge is 0.303 e. The van der Waals surface area contributed by atoms with E-state index in [1.165, 1.54) is 96.3 Å². The third-order valence-electron chi connectivity index (χ3n) is 8.43. The van der Waals surface area contributed by atoms with Crippen molar-refractivity contribution in [2.45, 2.75) is 167 Å². The van der Waals surface area contributed by atoms with Crippen LogP contribution in [0.2, 0.25) is 0 Å². The van der Waals surface area contributed by atoms with Crippen molar-refractivity contribution in [3.8, 4) is 0 Å². The lowest BCUT2D eigenvalue weighted by atomic mass is 10.0. The van der Waals surface area contributed by atoms with Gasteiger partial charge in [0.05, 0.1) is 26.2 Å². The van der Waals surface area contributed by atoms with Crippen LogP contribution in [0, 0.1) is 0 Å². The van der Waals surface area contributed by atoms with Crippen molar-refractivity contribution in [3.63, 3.8) is 0 Å². The summed E-state index contributed by atoms with van der Waals surface area (Å²) in [6.07, 6.45) is 30.0. The SMILES string of the molecule is CCC/C=C/CCCCCCCCCCCCCCC[N+](CCCCC(=O)[O-])(CCCCC(=O)O)CCCCC(=O)O. The Hall–Kier alpha value is -1.89. The third-order valence-corrected chi connectivity index (χ3v) is 8.43. The zero-order valence-electron chi connectivity index (χ0n) is 27.1. The highest BCUT2D eigenvalue weighted by atomic mass is 16.4. The van der Waals surface area contributed by atoms with Gasteiger partial charge in [0.15, 0.2) is 0 Å². The van der Waals surface area contributed by atoms with Gasteiger partial charge in [-0.05, 0) is 77.0 Å². The van der Waals surface area contributed by atoms with Gasteiger partial charge in [-0.25, -0.2) is 0 Å². The van der Waals surface area contributed by atoms with E-state index >= 15 is 0 Å². The fourth-order valence-corrected chi connectivity index (χ4v) is 5.89. The van der Waals surface area contributed by atoms with Crippen molar-refractivity contribution in [2.75, 3.05) is 26.2 Å². The van der Waals surface area contributed by atoms with Crippen molar-refractivity contribution in [3.05, 3.63) is 12.2 Å². The Balaban J connectivity index is 4.32. The summed E-state index contributed by atoms with van der Waals surface area (Å²) >= 11 is 0. The maximum atomic E-state index is 11.0. The van der Waals surface area contributed by atoms with Crippen molar-refractivity contribution in [1.29, 1.82) is 0 Å². The maximum absolute atomic E-state index is 11.0. The van der Waals surface area contributed by atoms with E-state index < -0.39 is 17.9 Å². The minimum Gasteiger partial charge on any atom is -0.550 e. The predicted molar refractivity (Wildman–Crippen MR) is 170 cm³/mol. The van der Waals surface area contributed by atoms with Crippen LogP contribution in [0.4, 0.5) is 0 Å². The number of nitrogens with zero attached hydrogens (tertiary/aromatic N) is 1. The molecule has 0 aromatic carbocycles. The number of carbonyl (C=O) groups is 3. The second-order valence-corrected chi connectivity index (χ2v) is 12.4. The molecule has 0 unspecified atom stereocenters. The molecular weight excluding hydrogens is 530 g/mol. The van der Waals surface area contributed by atoms with Gasteiger partial charge in [-0.2, -0.15) is 0 Å². The van der Waals surface area contributed by atoms with Crippen LogP contribution >= 0.6 is 0 Å². The second-order valence-electron chi connectivity index (χ2n) is 12.4. The molecule has 0 aliphatic carbocycles. The summed E-state index contributed by atoms with van der Waals surface area (Å²) in [4.78, 5) is 32.9. The van der Waals surface area contributed by atoms with Gasteiger partial charge in [0.1, 0.15) is 0 Å². The molecule has 7 heteroatoms. The molecular formula is C35H65NO6. The number of hydrogen-bond acceptors (Lipinski definition) is 4. The maximum Gasteiger partial charge on any atom is 0.303 e. The molecule has 0 heterocycles. The first kappa shape index (κ1) is 40.1. The molecule has 0 aliphatic heterocycles. The van der Waals surface area contributed by atoms with Crippen molar-refractivity contribution in [2.24, 2.45) is 0 Å². The van der Waals surface area contributed by atoms with E-state index in [2.05, 4.69) is 19.1 Å². The molecule has 0 aromatic heterocycles. The van der Waals surface area contributed by atoms with Crippen LogP contribution in [0.1, 0.15) is 167 Å². The lowest BCUT2D eigenvalue weighted by Crippen LogP contribution is -2.51. The molecule has 7 nitrogen and oxygen atoms in total. The molecule has 0 aliphatic rings. The highest BCUT2D eigenvalue weighted by Gasteiger charge is 2.26. The molecule has 0 saturated carbocycles. The van der Waals surface area contributed by atoms with Gasteiger partial charge in [-0.3, -0.25) is 9.59 Å². The Morgan fingerprint density at radius 1 is 0.500 bits per heavy atom. The highest BCUT2D eigenvalue weighted by molar-refractivity contribution is 5.66. The molecule has 246 valence electrons. The van der Waals surface area contributed by atoms with Gasteiger partial charge in [-0.1, -0.05) is 89.7 Å². The Morgan fingerprint density at radius 2 is 0.833 bits per heavy atom. The molecule has 0 atom stereocenters. The standard InChI is InChI=1S/C35H65NO6/c1-2-3-4-5-6-7-8-9-10-11-12-13-14-15-16-17-18-22-29-36(30-23-19-26-33(37)38,31-24-20-27-34(39)40)32-25-21-28-35(41)42/h4-5H,2-3,6-32H2,1H3,(H2-,37,38,39,40,41,42)/b5-4+. The van der Waals surface area contributed by atoms with E-state index in [1.54, 1.807) is 0 Å². The summed E-state index contributed by atoms with van der Waals surface area (Å²) in [5, 5.41) is 29.0. The third kappa shape index (κ3) is 28.2. The predicted octanol–water partition coefficient (Wildman–Crippen LogP) is 8.05. The Kier molecular flexibility index (Phi) is 27.9. The lowest BCUT2D eigenvalue weighted by molar-refractivity contribution is -0.929. The first-order valence-electron chi connectivity index (χ1n) is 17.4. The second kappa shape index (κ2) is 29.2. The number of quaternary nitrogens is 1. The fourth-order valence-electron chi connectivity index (χ4n) is 5.89. The number of carbonyl (C=O) groups excluding carboxylic acids is 1. The molecule has 0 aromatic rings. The van der Waals surface area contributed by atoms with Gasteiger partial charge >= 0.3 is 11.9 Å². The molecule has 0 spiro atoms. The van der Waals surface area contributed by atoms with Gasteiger partial charge in [0.2, 0.25) is 0 Å². The topological polar surface area (TPSA) is 115 Å². The molecule has 0 bridgehead atoms. The summed E-state index contributed by atoms with van der Waals surface area (Å²) < 4.78 is 0.849. The van der Waals surface area contributed by atoms with Crippen LogP contribution < -0.4 is 5.11 Å². The van der Waals surface area contributed by atoms with Gasteiger partial charge in [-0.15, -0.1) is 0 Å². The van der Waals surface area contributed by atoms with Crippen LogP contribution in [0.15, 0.2) is 12.2 Å². The Morgan fingerprint density at radius 3 is 1.21 bits per heavy atom. The summed E-state index contributed by atoms with van der Waals surface area (Å²) in [6, 6.07) is 0. The largest absolute Gasteiger partial charge is 0.550 e. The van der Waals surface area contributed by atoms with Gasteiger partial charge in [0.25, 0.3) is 0 Å². The minimum absolute atomic E-state index is 0.0645. The summed E-state index contributed by atoms with van der Waals surface area (Å²) in [7, 11) is 0. The summed E-state index contributed by atoms with van der Waals surface area (Å²) in [6.45, 7) is 5.84. The van der Waals surface area contributed by atoms with Crippen LogP contribution in [0.3, 0.4) is 0 Å². The number of carboxylic acid groups (broad SMARTS) is 3. The number of unbranched alkanes of at least 4 members (excludes halogenated alkanes) is 17. The lowest BCUT2D eigenvalue weighted by Gasteiger charge is -2.39. The highest BCUT2D eigenvalue weighted by Crippen LogP contribution is 2.20.